The van der Waals surface area contributed by atoms with Gasteiger partial charge in [-0.15, -0.1) is 11.3 Å². The predicted octanol–water partition coefficient (Wildman–Crippen LogP) is 4.00. The molecule has 0 saturated carbocycles. The molecule has 2 N–H and O–H groups in total. The minimum Gasteiger partial charge on any atom is -0.367 e. The van der Waals surface area contributed by atoms with Gasteiger partial charge < -0.3 is 15.5 Å². The molecule has 0 bridgehead atoms. The number of carbonyl (C=O) groups excluding carboxylic acids is 1. The van der Waals surface area contributed by atoms with Crippen LogP contribution in [0.5, 0.6) is 0 Å². The maximum atomic E-state index is 13.9. The fourth-order valence-corrected chi connectivity index (χ4v) is 4.63. The Hall–Kier alpha value is -3.63. The number of amides is 1. The van der Waals surface area contributed by atoms with Crippen molar-refractivity contribution in [2.45, 2.75) is 6.54 Å². The Morgan fingerprint density at radius 1 is 1.15 bits per heavy atom. The predicted molar refractivity (Wildman–Crippen MR) is 128 cm³/mol. The summed E-state index contributed by atoms with van der Waals surface area (Å²) in [6.07, 6.45) is 3.29. The summed E-state index contributed by atoms with van der Waals surface area (Å²) in [6, 6.07) is 11.1. The van der Waals surface area contributed by atoms with Gasteiger partial charge in [0.2, 0.25) is 0 Å². The number of benzene rings is 2. The molecule has 174 valence electrons. The van der Waals surface area contributed by atoms with Gasteiger partial charge in [-0.2, -0.15) is 5.10 Å². The second-order valence-corrected chi connectivity index (χ2v) is 8.77. The number of thiazole rings is 1. The molecule has 3 heterocycles. The van der Waals surface area contributed by atoms with Crippen LogP contribution in [0.25, 0.3) is 10.6 Å². The molecule has 0 spiro atoms. The highest BCUT2D eigenvalue weighted by Crippen LogP contribution is 2.28. The van der Waals surface area contributed by atoms with E-state index in [1.54, 1.807) is 17.8 Å². The van der Waals surface area contributed by atoms with Crippen molar-refractivity contribution in [1.82, 2.24) is 20.1 Å². The van der Waals surface area contributed by atoms with E-state index in [0.29, 0.717) is 16.3 Å². The van der Waals surface area contributed by atoms with Gasteiger partial charge in [0.25, 0.3) is 5.91 Å². The maximum absolute atomic E-state index is 13.9. The molecular formula is C24H22F2N6OS. The van der Waals surface area contributed by atoms with E-state index >= 15 is 0 Å². The lowest BCUT2D eigenvalue weighted by atomic mass is 10.2. The average Bonchev–Trinajstić information content (AvgIpc) is 3.52. The Bertz CT molecular complexity index is 1310. The number of nitrogens with one attached hydrogen (secondary N) is 2. The normalized spacial score (nSPS) is 13.8. The van der Waals surface area contributed by atoms with Crippen molar-refractivity contribution in [3.63, 3.8) is 0 Å². The van der Waals surface area contributed by atoms with Crippen molar-refractivity contribution in [1.29, 1.82) is 0 Å². The van der Waals surface area contributed by atoms with Crippen LogP contribution in [0.15, 0.2) is 60.2 Å². The second-order valence-electron chi connectivity index (χ2n) is 7.91. The van der Waals surface area contributed by atoms with Crippen molar-refractivity contribution in [2.75, 3.05) is 36.4 Å². The quantitative estimate of drug-likeness (QED) is 0.437. The molecule has 0 unspecified atom stereocenters. The summed E-state index contributed by atoms with van der Waals surface area (Å²) < 4.78 is 28.9. The number of nitrogens with zero attached hydrogens (tertiary/aromatic N) is 4. The van der Waals surface area contributed by atoms with Gasteiger partial charge >= 0.3 is 0 Å². The molecule has 2 aromatic heterocycles. The first-order chi connectivity index (χ1) is 16.6. The van der Waals surface area contributed by atoms with E-state index in [2.05, 4.69) is 25.6 Å². The molecule has 1 aliphatic rings. The smallest absolute Gasteiger partial charge is 0.275 e. The number of rotatable bonds is 6. The average molecular weight is 481 g/mol. The van der Waals surface area contributed by atoms with E-state index in [4.69, 9.17) is 0 Å². The monoisotopic (exact) mass is 480 g/mol. The van der Waals surface area contributed by atoms with Gasteiger partial charge in [0.05, 0.1) is 24.1 Å². The van der Waals surface area contributed by atoms with Gasteiger partial charge in [-0.1, -0.05) is 12.1 Å². The van der Waals surface area contributed by atoms with Gasteiger partial charge in [-0.25, -0.2) is 13.8 Å². The van der Waals surface area contributed by atoms with Crippen molar-refractivity contribution in [3.05, 3.63) is 83.1 Å². The van der Waals surface area contributed by atoms with Crippen molar-refractivity contribution < 1.29 is 13.6 Å². The molecule has 1 aliphatic heterocycles. The lowest BCUT2D eigenvalue weighted by molar-refractivity contribution is 0.102. The van der Waals surface area contributed by atoms with Crippen LogP contribution in [-0.2, 0) is 6.54 Å². The highest BCUT2D eigenvalue weighted by molar-refractivity contribution is 7.13. The van der Waals surface area contributed by atoms with Crippen molar-refractivity contribution in [2.24, 2.45) is 0 Å². The number of para-hydroxylation sites is 2. The molecule has 1 amide bonds. The third kappa shape index (κ3) is 4.82. The van der Waals surface area contributed by atoms with E-state index in [0.717, 1.165) is 55.8 Å². The van der Waals surface area contributed by atoms with E-state index in [1.807, 2.05) is 24.3 Å². The fourth-order valence-electron chi connectivity index (χ4n) is 3.86. The van der Waals surface area contributed by atoms with Crippen LogP contribution in [0.3, 0.4) is 0 Å². The summed E-state index contributed by atoms with van der Waals surface area (Å²) in [5.41, 5.74) is 2.94. The van der Waals surface area contributed by atoms with Gasteiger partial charge in [0.15, 0.2) is 0 Å². The summed E-state index contributed by atoms with van der Waals surface area (Å²) >= 11 is 1.32. The van der Waals surface area contributed by atoms with Crippen molar-refractivity contribution in [3.8, 4) is 10.6 Å². The molecule has 34 heavy (non-hydrogen) atoms. The SMILES string of the molecule is O=C(Nc1ccccc1N1CCNCC1)c1csc(-c2cnn(Cc3cc(F)ccc3F)c2)n1. The fraction of sp³-hybridized carbons (Fsp3) is 0.208. The molecule has 1 saturated heterocycles. The lowest BCUT2D eigenvalue weighted by Crippen LogP contribution is -2.43. The Labute approximate surface area is 199 Å². The lowest BCUT2D eigenvalue weighted by Gasteiger charge is -2.31. The number of anilines is 2. The molecule has 1 fully saturated rings. The second kappa shape index (κ2) is 9.70. The third-order valence-corrected chi connectivity index (χ3v) is 6.46. The molecule has 0 atom stereocenters. The summed E-state index contributed by atoms with van der Waals surface area (Å²) in [6.45, 7) is 3.63. The zero-order valence-electron chi connectivity index (χ0n) is 18.2. The van der Waals surface area contributed by atoms with Crippen LogP contribution in [-0.4, -0.2) is 46.9 Å². The van der Waals surface area contributed by atoms with Crippen LogP contribution in [0.1, 0.15) is 16.1 Å². The Kier molecular flexibility index (Phi) is 6.33. The summed E-state index contributed by atoms with van der Waals surface area (Å²) in [7, 11) is 0. The van der Waals surface area contributed by atoms with Crippen molar-refractivity contribution >= 4 is 28.6 Å². The van der Waals surface area contributed by atoms with Gasteiger partial charge in [0, 0.05) is 48.9 Å². The number of halogens is 2. The summed E-state index contributed by atoms with van der Waals surface area (Å²) in [4.78, 5) is 19.6. The van der Waals surface area contributed by atoms with Crippen LogP contribution < -0.4 is 15.5 Å². The molecular weight excluding hydrogens is 458 g/mol. The first-order valence-corrected chi connectivity index (χ1v) is 11.7. The third-order valence-electron chi connectivity index (χ3n) is 5.57. The molecule has 10 heteroatoms. The summed E-state index contributed by atoms with van der Waals surface area (Å²) in [5.74, 6) is -1.29. The largest absolute Gasteiger partial charge is 0.367 e. The van der Waals surface area contributed by atoms with Crippen LogP contribution in [0.4, 0.5) is 20.2 Å². The van der Waals surface area contributed by atoms with Gasteiger partial charge in [-0.3, -0.25) is 9.48 Å². The maximum Gasteiger partial charge on any atom is 0.275 e. The zero-order chi connectivity index (χ0) is 23.5. The highest BCUT2D eigenvalue weighted by atomic mass is 32.1. The topological polar surface area (TPSA) is 75.1 Å². The zero-order valence-corrected chi connectivity index (χ0v) is 19.0. The summed E-state index contributed by atoms with van der Waals surface area (Å²) in [5, 5.41) is 12.9. The van der Waals surface area contributed by atoms with E-state index in [1.165, 1.54) is 16.0 Å². The molecule has 2 aromatic carbocycles. The first kappa shape index (κ1) is 22.2. The van der Waals surface area contributed by atoms with E-state index in [-0.39, 0.29) is 18.0 Å². The number of aromatic nitrogens is 3. The van der Waals surface area contributed by atoms with Gasteiger partial charge in [-0.05, 0) is 30.3 Å². The molecule has 5 rings (SSSR count). The van der Waals surface area contributed by atoms with Crippen LogP contribution in [0.2, 0.25) is 0 Å². The minimum absolute atomic E-state index is 0.0884. The minimum atomic E-state index is -0.502. The number of carbonyl (C=O) groups is 1. The Morgan fingerprint density at radius 3 is 2.82 bits per heavy atom. The van der Waals surface area contributed by atoms with E-state index < -0.39 is 11.6 Å². The molecule has 0 aliphatic carbocycles. The van der Waals surface area contributed by atoms with Crippen LogP contribution >= 0.6 is 11.3 Å². The molecule has 7 nitrogen and oxygen atoms in total. The number of hydrogen-bond acceptors (Lipinski definition) is 6. The standard InChI is InChI=1S/C24H22F2N6OS/c25-18-5-6-19(26)16(11-18)13-32-14-17(12-28-32)24-30-21(15-34-24)23(33)29-20-3-1-2-4-22(20)31-9-7-27-8-10-31/h1-6,11-12,14-15,27H,7-10,13H2,(H,29,33). The molecule has 0 radical (unpaired) electrons. The number of piperazine rings is 1. The number of hydrogen-bond donors (Lipinski definition) is 2. The highest BCUT2D eigenvalue weighted by Gasteiger charge is 2.18. The first-order valence-electron chi connectivity index (χ1n) is 10.8. The van der Waals surface area contributed by atoms with E-state index in [9.17, 15) is 13.6 Å². The molecule has 4 aromatic rings. The van der Waals surface area contributed by atoms with Crippen LogP contribution in [0, 0.1) is 11.6 Å². The Balaban J connectivity index is 1.29. The Morgan fingerprint density at radius 2 is 1.97 bits per heavy atom. The van der Waals surface area contributed by atoms with Gasteiger partial charge in [0.1, 0.15) is 22.3 Å².